The molecule has 0 fully saturated rings. The highest BCUT2D eigenvalue weighted by Crippen LogP contribution is 2.53. The average Bonchev–Trinajstić information content (AvgIpc) is 2.51. The highest BCUT2D eigenvalue weighted by Gasteiger charge is 2.23. The van der Waals surface area contributed by atoms with Gasteiger partial charge in [-0.25, -0.2) is 0 Å². The first-order valence-electron chi connectivity index (χ1n) is 5.78. The van der Waals surface area contributed by atoms with Gasteiger partial charge in [0.15, 0.2) is 0 Å². The van der Waals surface area contributed by atoms with E-state index in [9.17, 15) is 0 Å². The smallest absolute Gasteiger partial charge is 0.0477 e. The highest BCUT2D eigenvalue weighted by molar-refractivity contribution is 9.15. The molecule has 0 unspecified atom stereocenters. The summed E-state index contributed by atoms with van der Waals surface area (Å²) in [5, 5.41) is 4.32. The van der Waals surface area contributed by atoms with E-state index in [1.165, 1.54) is 0 Å². The molecule has 23 heavy (non-hydrogen) atoms. The van der Waals surface area contributed by atoms with Gasteiger partial charge in [-0.15, -0.1) is 0 Å². The number of benzene rings is 3. The fourth-order valence-corrected chi connectivity index (χ4v) is 8.75. The van der Waals surface area contributed by atoms with Crippen LogP contribution in [-0.2, 0) is 0 Å². The Labute approximate surface area is 208 Å². The van der Waals surface area contributed by atoms with Gasteiger partial charge in [0, 0.05) is 61.8 Å². The molecule has 0 spiro atoms. The van der Waals surface area contributed by atoms with Crippen molar-refractivity contribution < 1.29 is 0 Å². The first-order valence-corrected chi connectivity index (χ1v) is 12.9. The molecule has 0 heterocycles. The van der Waals surface area contributed by atoms with E-state index in [-0.39, 0.29) is 0 Å². The lowest BCUT2D eigenvalue weighted by molar-refractivity contribution is 1.54. The predicted octanol–water partition coefficient (Wildman–Crippen LogP) is 10.9. The zero-order valence-corrected chi connectivity index (χ0v) is 24.8. The van der Waals surface area contributed by atoms with Crippen LogP contribution in [0.3, 0.4) is 0 Å². The van der Waals surface area contributed by atoms with Gasteiger partial charge < -0.3 is 0 Å². The lowest BCUT2D eigenvalue weighted by Gasteiger charge is -2.17. The Kier molecular flexibility index (Phi) is 6.59. The largest absolute Gasteiger partial charge is 0.0495 e. The van der Waals surface area contributed by atoms with Crippen LogP contribution in [0.5, 0.6) is 0 Å². The molecule has 0 aliphatic rings. The molecular weight excluding hydrogens is 887 g/mol. The maximum absolute atomic E-state index is 3.80. The Morgan fingerprint density at radius 1 is 0.391 bits per heavy atom. The van der Waals surface area contributed by atoms with E-state index < -0.39 is 0 Å². The quantitative estimate of drug-likeness (QED) is 0.120. The van der Waals surface area contributed by atoms with Gasteiger partial charge in [0.05, 0.1) is 0 Å². The van der Waals surface area contributed by atoms with Crippen molar-refractivity contribution in [3.8, 4) is 0 Å². The summed E-state index contributed by atoms with van der Waals surface area (Å²) >= 11 is 33.2. The summed E-state index contributed by atoms with van der Waals surface area (Å²) in [7, 11) is 0. The van der Waals surface area contributed by atoms with E-state index in [1.54, 1.807) is 0 Å². The van der Waals surface area contributed by atoms with Crippen LogP contribution in [-0.4, -0.2) is 0 Å². The van der Waals surface area contributed by atoms with Crippen LogP contribution in [0.2, 0.25) is 0 Å². The molecular formula is C14HBr9. The van der Waals surface area contributed by atoms with Gasteiger partial charge in [0.25, 0.3) is 0 Å². The second-order valence-corrected chi connectivity index (χ2v) is 11.7. The van der Waals surface area contributed by atoms with E-state index in [0.29, 0.717) is 0 Å². The monoisotopic (exact) mass is 879 g/mol. The maximum Gasteiger partial charge on any atom is 0.0477 e. The fraction of sp³-hybridized carbons (Fsp3) is 0. The molecule has 0 saturated carbocycles. The minimum absolute atomic E-state index is 0.955. The second-order valence-electron chi connectivity index (χ2n) is 4.54. The minimum Gasteiger partial charge on any atom is -0.0495 e. The molecule has 0 saturated heterocycles. The molecule has 9 heteroatoms. The minimum atomic E-state index is 0.955. The van der Waals surface area contributed by atoms with Gasteiger partial charge in [0.1, 0.15) is 0 Å². The van der Waals surface area contributed by atoms with Crippen molar-refractivity contribution in [3.63, 3.8) is 0 Å². The third kappa shape index (κ3) is 3.18. The zero-order valence-electron chi connectivity index (χ0n) is 10.5. The lowest BCUT2D eigenvalue weighted by atomic mass is 10.0. The highest BCUT2D eigenvalue weighted by atomic mass is 79.9. The van der Waals surface area contributed by atoms with Crippen LogP contribution in [0.1, 0.15) is 0 Å². The number of fused-ring (bicyclic) bond motifs is 2. The molecule has 3 rings (SSSR count). The van der Waals surface area contributed by atoms with Crippen molar-refractivity contribution in [2.75, 3.05) is 0 Å². The van der Waals surface area contributed by atoms with Crippen LogP contribution in [0.15, 0.2) is 46.3 Å². The first kappa shape index (κ1) is 20.2. The van der Waals surface area contributed by atoms with E-state index >= 15 is 0 Å². The maximum atomic E-state index is 3.80. The molecule has 120 valence electrons. The Hall–Kier alpha value is 2.50. The van der Waals surface area contributed by atoms with E-state index in [0.717, 1.165) is 61.8 Å². The van der Waals surface area contributed by atoms with Gasteiger partial charge in [-0.05, 0) is 149 Å². The molecule has 0 atom stereocenters. The lowest BCUT2D eigenvalue weighted by Crippen LogP contribution is -1.90. The molecule has 0 aliphatic carbocycles. The molecule has 0 aromatic heterocycles. The standard InChI is InChI=1S/C14HBr9/c15-3-1-2-4(10(19)8(3)17)9(18)6-5(7(2)16)11(20)13(22)14(23)12(6)21/h1H. The first-order chi connectivity index (χ1) is 10.7. The van der Waals surface area contributed by atoms with Crippen LogP contribution >= 0.6 is 143 Å². The number of halogens is 9. The van der Waals surface area contributed by atoms with Crippen LogP contribution in [0, 0.1) is 0 Å². The Morgan fingerprint density at radius 2 is 0.826 bits per heavy atom. The van der Waals surface area contributed by atoms with Crippen molar-refractivity contribution in [3.05, 3.63) is 46.3 Å². The second kappa shape index (κ2) is 7.49. The molecule has 0 N–H and O–H groups in total. The summed E-state index contributed by atoms with van der Waals surface area (Å²) in [5.41, 5.74) is 0. The summed E-state index contributed by atoms with van der Waals surface area (Å²) in [6.07, 6.45) is 0. The van der Waals surface area contributed by atoms with E-state index in [1.807, 2.05) is 0 Å². The van der Waals surface area contributed by atoms with Crippen molar-refractivity contribution in [2.45, 2.75) is 0 Å². The van der Waals surface area contributed by atoms with Crippen LogP contribution < -0.4 is 0 Å². The molecule has 0 bridgehead atoms. The molecule has 0 aliphatic heterocycles. The SMILES string of the molecule is Brc1cc2c(Br)c3c(Br)c(Br)c(Br)c(Br)c3c(Br)c2c(Br)c1Br. The Morgan fingerprint density at radius 3 is 1.35 bits per heavy atom. The summed E-state index contributed by atoms with van der Waals surface area (Å²) in [4.78, 5) is 0. The molecule has 0 nitrogen and oxygen atoms in total. The van der Waals surface area contributed by atoms with Crippen LogP contribution in [0.4, 0.5) is 0 Å². The van der Waals surface area contributed by atoms with Gasteiger partial charge in [0.2, 0.25) is 0 Å². The number of hydrogen-bond acceptors (Lipinski definition) is 0. The molecule has 3 aromatic carbocycles. The predicted molar refractivity (Wildman–Crippen MR) is 131 cm³/mol. The third-order valence-electron chi connectivity index (χ3n) is 3.32. The third-order valence-corrected chi connectivity index (χ3v) is 13.0. The van der Waals surface area contributed by atoms with Crippen molar-refractivity contribution in [1.82, 2.24) is 0 Å². The molecule has 3 aromatic rings. The van der Waals surface area contributed by atoms with Crippen molar-refractivity contribution in [1.29, 1.82) is 0 Å². The molecule has 0 radical (unpaired) electrons. The van der Waals surface area contributed by atoms with Gasteiger partial charge in [-0.3, -0.25) is 0 Å². The van der Waals surface area contributed by atoms with Gasteiger partial charge >= 0.3 is 0 Å². The van der Waals surface area contributed by atoms with E-state index in [2.05, 4.69) is 149 Å². The number of rotatable bonds is 0. The zero-order chi connectivity index (χ0) is 17.2. The fourth-order valence-electron chi connectivity index (χ4n) is 2.29. The summed E-state index contributed by atoms with van der Waals surface area (Å²) in [5.74, 6) is 0. The summed E-state index contributed by atoms with van der Waals surface area (Å²) < 4.78 is 8.83. The van der Waals surface area contributed by atoms with Crippen LogP contribution in [0.25, 0.3) is 21.5 Å². The van der Waals surface area contributed by atoms with E-state index in [4.69, 9.17) is 0 Å². The molecule has 0 amide bonds. The average molecular weight is 888 g/mol. The number of hydrogen-bond donors (Lipinski definition) is 0. The summed E-state index contributed by atoms with van der Waals surface area (Å²) in [6, 6.07) is 2.09. The summed E-state index contributed by atoms with van der Waals surface area (Å²) in [6.45, 7) is 0. The Balaban J connectivity index is 2.77. The normalized spacial score (nSPS) is 11.7. The Bertz CT molecular complexity index is 1010. The van der Waals surface area contributed by atoms with Gasteiger partial charge in [-0.1, -0.05) is 0 Å². The van der Waals surface area contributed by atoms with Crippen molar-refractivity contribution >= 4 is 165 Å². The van der Waals surface area contributed by atoms with Crippen molar-refractivity contribution in [2.24, 2.45) is 0 Å². The topological polar surface area (TPSA) is 0 Å². The van der Waals surface area contributed by atoms with Gasteiger partial charge in [-0.2, -0.15) is 0 Å².